The Kier molecular flexibility index (Phi) is 1.51. The zero-order valence-corrected chi connectivity index (χ0v) is 5.22. The predicted molar refractivity (Wildman–Crippen MR) is 34.2 cm³/mol. The molecule has 0 radical (unpaired) electrons. The largest absolute Gasteiger partial charge is 0.360 e. The van der Waals surface area contributed by atoms with Crippen LogP contribution >= 0.6 is 0 Å². The maximum Gasteiger partial charge on any atom is 0.0819 e. The van der Waals surface area contributed by atoms with Crippen LogP contribution in [-0.4, -0.2) is 23.8 Å². The van der Waals surface area contributed by atoms with E-state index in [0.29, 0.717) is 6.04 Å². The molecule has 2 nitrogen and oxygen atoms in total. The minimum atomic E-state index is 0.618. The molecule has 1 aliphatic rings. The number of nitrogens with one attached hydrogen (secondary N) is 1. The normalized spacial score (nSPS) is 28.6. The number of hydrogen-bond acceptors (Lipinski definition) is 1. The smallest absolute Gasteiger partial charge is 0.0819 e. The molecule has 0 bridgehead atoms. The summed E-state index contributed by atoms with van der Waals surface area (Å²) in [5.74, 6) is 0. The Morgan fingerprint density at radius 3 is 2.75 bits per heavy atom. The first-order valence-corrected chi connectivity index (χ1v) is 3.11. The number of hydrogen-bond donors (Lipinski definition) is 1. The minimum absolute atomic E-state index is 0.618. The minimum Gasteiger partial charge on any atom is -0.360 e. The second kappa shape index (κ2) is 2.16. The van der Waals surface area contributed by atoms with Crippen molar-refractivity contribution >= 4 is 6.34 Å². The van der Waals surface area contributed by atoms with Crippen LogP contribution in [0.4, 0.5) is 0 Å². The van der Waals surface area contributed by atoms with Crippen LogP contribution in [-0.2, 0) is 0 Å². The van der Waals surface area contributed by atoms with Crippen molar-refractivity contribution in [2.75, 3.05) is 6.54 Å². The summed E-state index contributed by atoms with van der Waals surface area (Å²) in [7, 11) is 0. The van der Waals surface area contributed by atoms with Gasteiger partial charge in [0.15, 0.2) is 0 Å². The highest BCUT2D eigenvalue weighted by atomic mass is 15.2. The van der Waals surface area contributed by atoms with Crippen LogP contribution in [0, 0.1) is 5.41 Å². The molecule has 1 fully saturated rings. The highest BCUT2D eigenvalue weighted by molar-refractivity contribution is 5.51. The van der Waals surface area contributed by atoms with Crippen LogP contribution in [0.5, 0.6) is 0 Å². The molecule has 8 heavy (non-hydrogen) atoms. The van der Waals surface area contributed by atoms with Gasteiger partial charge in [-0.1, -0.05) is 0 Å². The molecule has 46 valence electrons. The second-order valence-corrected chi connectivity index (χ2v) is 2.36. The third-order valence-corrected chi connectivity index (χ3v) is 1.77. The first-order valence-electron chi connectivity index (χ1n) is 3.11. The van der Waals surface area contributed by atoms with Crippen molar-refractivity contribution in [1.29, 1.82) is 5.41 Å². The van der Waals surface area contributed by atoms with E-state index in [9.17, 15) is 0 Å². The Morgan fingerprint density at radius 2 is 2.50 bits per heavy atom. The number of rotatable bonds is 1. The summed E-state index contributed by atoms with van der Waals surface area (Å²) in [6.07, 6.45) is 3.96. The van der Waals surface area contributed by atoms with E-state index in [4.69, 9.17) is 5.41 Å². The molecule has 1 rings (SSSR count). The average molecular weight is 112 g/mol. The van der Waals surface area contributed by atoms with E-state index in [-0.39, 0.29) is 0 Å². The van der Waals surface area contributed by atoms with Gasteiger partial charge in [-0.3, -0.25) is 5.41 Å². The van der Waals surface area contributed by atoms with Crippen molar-refractivity contribution < 1.29 is 0 Å². The summed E-state index contributed by atoms with van der Waals surface area (Å²) in [5, 5.41) is 6.93. The van der Waals surface area contributed by atoms with Crippen molar-refractivity contribution in [2.45, 2.75) is 25.8 Å². The fraction of sp³-hybridized carbons (Fsp3) is 0.833. The van der Waals surface area contributed by atoms with Crippen LogP contribution in [0.1, 0.15) is 19.8 Å². The molecule has 1 aliphatic heterocycles. The van der Waals surface area contributed by atoms with E-state index in [1.54, 1.807) is 0 Å². The van der Waals surface area contributed by atoms with E-state index in [2.05, 4.69) is 11.8 Å². The van der Waals surface area contributed by atoms with Gasteiger partial charge in [0.25, 0.3) is 0 Å². The molecule has 0 saturated carbocycles. The maximum absolute atomic E-state index is 6.93. The van der Waals surface area contributed by atoms with Gasteiger partial charge in [0, 0.05) is 12.6 Å². The summed E-state index contributed by atoms with van der Waals surface area (Å²) in [4.78, 5) is 2.07. The molecule has 1 atom stereocenters. The Balaban J connectivity index is 2.41. The van der Waals surface area contributed by atoms with Crippen molar-refractivity contribution in [2.24, 2.45) is 0 Å². The monoisotopic (exact) mass is 112 g/mol. The molecule has 0 aromatic heterocycles. The van der Waals surface area contributed by atoms with Gasteiger partial charge >= 0.3 is 0 Å². The van der Waals surface area contributed by atoms with Gasteiger partial charge in [-0.2, -0.15) is 0 Å². The summed E-state index contributed by atoms with van der Waals surface area (Å²) >= 11 is 0. The van der Waals surface area contributed by atoms with E-state index < -0.39 is 0 Å². The second-order valence-electron chi connectivity index (χ2n) is 2.36. The van der Waals surface area contributed by atoms with E-state index in [1.165, 1.54) is 19.2 Å². The van der Waals surface area contributed by atoms with Gasteiger partial charge in [0.2, 0.25) is 0 Å². The lowest BCUT2D eigenvalue weighted by molar-refractivity contribution is 0.425. The van der Waals surface area contributed by atoms with Crippen molar-refractivity contribution in [3.05, 3.63) is 0 Å². The van der Waals surface area contributed by atoms with Gasteiger partial charge in [-0.25, -0.2) is 0 Å². The van der Waals surface area contributed by atoms with Crippen molar-refractivity contribution in [1.82, 2.24) is 4.90 Å². The quantitative estimate of drug-likeness (QED) is 0.399. The molecule has 0 aliphatic carbocycles. The number of nitrogens with zero attached hydrogens (tertiary/aromatic N) is 1. The molecule has 0 spiro atoms. The zero-order chi connectivity index (χ0) is 5.98. The molecular weight excluding hydrogens is 100 g/mol. The lowest BCUT2D eigenvalue weighted by atomic mass is 10.2. The first kappa shape index (κ1) is 5.60. The molecule has 1 N–H and O–H groups in total. The zero-order valence-electron chi connectivity index (χ0n) is 5.22. The van der Waals surface area contributed by atoms with Crippen LogP contribution in [0.3, 0.4) is 0 Å². The molecule has 1 saturated heterocycles. The highest BCUT2D eigenvalue weighted by Gasteiger charge is 2.15. The van der Waals surface area contributed by atoms with E-state index in [0.717, 1.165) is 6.54 Å². The van der Waals surface area contributed by atoms with Gasteiger partial charge in [-0.15, -0.1) is 0 Å². The lowest BCUT2D eigenvalue weighted by Gasteiger charge is -2.15. The molecule has 2 heteroatoms. The van der Waals surface area contributed by atoms with Gasteiger partial charge in [0.1, 0.15) is 0 Å². The van der Waals surface area contributed by atoms with E-state index in [1.807, 2.05) is 0 Å². The molecule has 0 amide bonds. The summed E-state index contributed by atoms with van der Waals surface area (Å²) in [5.41, 5.74) is 0. The van der Waals surface area contributed by atoms with Crippen molar-refractivity contribution in [3.63, 3.8) is 0 Å². The van der Waals surface area contributed by atoms with Crippen LogP contribution in [0.2, 0.25) is 0 Å². The Morgan fingerprint density at radius 1 is 1.75 bits per heavy atom. The first-order chi connectivity index (χ1) is 3.84. The third kappa shape index (κ3) is 0.831. The fourth-order valence-corrected chi connectivity index (χ4v) is 1.15. The molecule has 1 heterocycles. The standard InChI is InChI=1S/C6H12N2/c1-6-3-2-4-8(6)5-7/h5-7H,2-4H2,1H3/t6-/m1/s1. The molecular formula is C6H12N2. The third-order valence-electron chi connectivity index (χ3n) is 1.77. The predicted octanol–water partition coefficient (Wildman–Crippen LogP) is 1.08. The Hall–Kier alpha value is -0.530. The highest BCUT2D eigenvalue weighted by Crippen LogP contribution is 2.12. The Labute approximate surface area is 50.0 Å². The van der Waals surface area contributed by atoms with Gasteiger partial charge in [0.05, 0.1) is 6.34 Å². The number of likely N-dealkylation sites (tertiary alicyclic amines) is 1. The molecule has 0 aromatic rings. The van der Waals surface area contributed by atoms with E-state index >= 15 is 0 Å². The fourth-order valence-electron chi connectivity index (χ4n) is 1.15. The summed E-state index contributed by atoms with van der Waals surface area (Å²) < 4.78 is 0. The maximum atomic E-state index is 6.93. The van der Waals surface area contributed by atoms with Crippen LogP contribution in [0.25, 0.3) is 0 Å². The lowest BCUT2D eigenvalue weighted by Crippen LogP contribution is -2.24. The average Bonchev–Trinajstić information content (AvgIpc) is 2.14. The van der Waals surface area contributed by atoms with Gasteiger partial charge < -0.3 is 4.90 Å². The Bertz CT molecular complexity index is 90.5. The molecule has 0 unspecified atom stereocenters. The van der Waals surface area contributed by atoms with Gasteiger partial charge in [-0.05, 0) is 19.8 Å². The SMILES string of the molecule is C[C@@H]1CCCN1C=N. The molecule has 0 aromatic carbocycles. The summed E-state index contributed by atoms with van der Waals surface area (Å²) in [6.45, 7) is 3.25. The van der Waals surface area contributed by atoms with Crippen LogP contribution < -0.4 is 0 Å². The van der Waals surface area contributed by atoms with Crippen LogP contribution in [0.15, 0.2) is 0 Å². The summed E-state index contributed by atoms with van der Waals surface area (Å²) in [6, 6.07) is 0.618. The van der Waals surface area contributed by atoms with Crippen molar-refractivity contribution in [3.8, 4) is 0 Å². The topological polar surface area (TPSA) is 27.1 Å².